The van der Waals surface area contributed by atoms with Gasteiger partial charge in [0.15, 0.2) is 11.5 Å². The van der Waals surface area contributed by atoms with Gasteiger partial charge in [-0.3, -0.25) is 4.79 Å². The molecule has 0 saturated heterocycles. The normalized spacial score (nSPS) is 16.0. The van der Waals surface area contributed by atoms with Crippen LogP contribution in [0.3, 0.4) is 0 Å². The summed E-state index contributed by atoms with van der Waals surface area (Å²) in [6.45, 7) is 6.24. The van der Waals surface area contributed by atoms with Crippen LogP contribution in [0.4, 0.5) is 5.00 Å². The first-order chi connectivity index (χ1) is 24.1. The summed E-state index contributed by atoms with van der Waals surface area (Å²) in [6, 6.07) is 26.5. The lowest BCUT2D eigenvalue weighted by molar-refractivity contribution is -0.113. The van der Waals surface area contributed by atoms with Crippen LogP contribution in [0.5, 0.6) is 11.5 Å². The average molecular weight is 698 g/mol. The number of anilines is 1. The van der Waals surface area contributed by atoms with E-state index in [1.165, 1.54) is 24.5 Å². The predicted molar refractivity (Wildman–Crippen MR) is 200 cm³/mol. The number of hydrogen-bond acceptors (Lipinski definition) is 7. The number of rotatable bonds is 7. The number of benzene rings is 3. The zero-order valence-electron chi connectivity index (χ0n) is 27.8. The van der Waals surface area contributed by atoms with Crippen LogP contribution in [-0.2, 0) is 10.2 Å². The van der Waals surface area contributed by atoms with Gasteiger partial charge in [-0.2, -0.15) is 10.4 Å². The van der Waals surface area contributed by atoms with Gasteiger partial charge in [0, 0.05) is 27.0 Å². The molecule has 2 aromatic heterocycles. The molecule has 0 atom stereocenters. The Balaban J connectivity index is 1.30. The number of aromatic nitrogens is 2. The molecule has 50 heavy (non-hydrogen) atoms. The summed E-state index contributed by atoms with van der Waals surface area (Å²) in [5, 5.41) is 26.5. The number of aromatic hydroxyl groups is 1. The second kappa shape index (κ2) is 13.0. The van der Waals surface area contributed by atoms with Gasteiger partial charge in [-0.15, -0.1) is 11.3 Å². The summed E-state index contributed by atoms with van der Waals surface area (Å²) >= 11 is 8.27. The molecule has 0 unspecified atom stereocenters. The zero-order chi connectivity index (χ0) is 35.2. The molecule has 1 aliphatic carbocycles. The van der Waals surface area contributed by atoms with Gasteiger partial charge < -0.3 is 9.84 Å². The molecule has 0 spiro atoms. The third kappa shape index (κ3) is 5.83. The number of hydrogen-bond donors (Lipinski definition) is 1. The summed E-state index contributed by atoms with van der Waals surface area (Å²) < 4.78 is 7.00. The minimum atomic E-state index is -0.353. The van der Waals surface area contributed by atoms with Crippen molar-refractivity contribution in [3.05, 3.63) is 140 Å². The van der Waals surface area contributed by atoms with E-state index in [2.05, 4.69) is 25.0 Å². The number of phenolic OH excluding ortho intramolecular Hbond substituents is 1. The summed E-state index contributed by atoms with van der Waals surface area (Å²) in [4.78, 5) is 21.6. The van der Waals surface area contributed by atoms with E-state index in [4.69, 9.17) is 21.3 Å². The van der Waals surface area contributed by atoms with Gasteiger partial charge in [0.1, 0.15) is 27.8 Å². The Labute approximate surface area is 299 Å². The van der Waals surface area contributed by atoms with Crippen molar-refractivity contribution < 1.29 is 14.6 Å². The van der Waals surface area contributed by atoms with E-state index < -0.39 is 0 Å². The highest BCUT2D eigenvalue weighted by molar-refractivity contribution is 7.17. The quantitative estimate of drug-likeness (QED) is 0.171. The topological polar surface area (TPSA) is 104 Å². The fourth-order valence-corrected chi connectivity index (χ4v) is 8.00. The van der Waals surface area contributed by atoms with Crippen LogP contribution in [0, 0.1) is 18.3 Å². The van der Waals surface area contributed by atoms with Gasteiger partial charge in [-0.05, 0) is 67.0 Å². The van der Waals surface area contributed by atoms with Crippen LogP contribution in [-0.4, -0.2) is 33.7 Å². The molecule has 0 radical (unpaired) electrons. The molecule has 10 heteroatoms. The second-order valence-electron chi connectivity index (χ2n) is 12.7. The Hall–Kier alpha value is -5.69. The third-order valence-corrected chi connectivity index (χ3v) is 10.7. The Kier molecular flexibility index (Phi) is 8.52. The highest BCUT2D eigenvalue weighted by Crippen LogP contribution is 2.50. The number of phenols is 1. The van der Waals surface area contributed by atoms with E-state index in [0.29, 0.717) is 33.5 Å². The molecule has 1 aliphatic heterocycles. The maximum absolute atomic E-state index is 14.3. The summed E-state index contributed by atoms with van der Waals surface area (Å²) in [5.74, 6) is 0.363. The van der Waals surface area contributed by atoms with Crippen LogP contribution in [0.1, 0.15) is 58.7 Å². The van der Waals surface area contributed by atoms with Crippen LogP contribution < -0.4 is 9.64 Å². The maximum Gasteiger partial charge on any atom is 0.283 e. The number of para-hydroxylation sites is 1. The maximum atomic E-state index is 14.3. The number of carbonyl (C=O) groups is 1. The molecule has 0 saturated carbocycles. The molecule has 5 aromatic rings. The molecule has 8 nitrogen and oxygen atoms in total. The van der Waals surface area contributed by atoms with Crippen molar-refractivity contribution >= 4 is 57.9 Å². The Morgan fingerprint density at radius 2 is 1.78 bits per heavy atom. The van der Waals surface area contributed by atoms with E-state index in [1.807, 2.05) is 85.8 Å². The van der Waals surface area contributed by atoms with E-state index >= 15 is 0 Å². The molecule has 3 aromatic carbocycles. The van der Waals surface area contributed by atoms with Gasteiger partial charge in [-0.25, -0.2) is 14.6 Å². The van der Waals surface area contributed by atoms with E-state index in [9.17, 15) is 15.2 Å². The van der Waals surface area contributed by atoms with Gasteiger partial charge in [0.05, 0.1) is 24.1 Å². The number of amidine groups is 1. The number of nitrogens with zero attached hydrogens (tertiary/aromatic N) is 5. The SMILES string of the molecule is COc1cc(/C=C2/N=C(c3ccccc3)N(c3sc4c(c3C#N)C=C(/C=C\c3c(C)nn(-c5ccccc5)c3Cl)CC4(C)C)C2=O)ccc1O. The molecule has 1 amide bonds. The van der Waals surface area contributed by atoms with Crippen molar-refractivity contribution in [1.82, 2.24) is 9.78 Å². The smallest absolute Gasteiger partial charge is 0.283 e. The van der Waals surface area contributed by atoms with E-state index in [0.717, 1.165) is 38.5 Å². The van der Waals surface area contributed by atoms with Crippen LogP contribution in [0.25, 0.3) is 23.9 Å². The number of allylic oxidation sites excluding steroid dienone is 2. The third-order valence-electron chi connectivity index (χ3n) is 8.74. The first kappa shape index (κ1) is 32.8. The Bertz CT molecular complexity index is 2330. The van der Waals surface area contributed by atoms with Crippen molar-refractivity contribution in [3.63, 3.8) is 0 Å². The second-order valence-corrected chi connectivity index (χ2v) is 14.0. The molecule has 0 fully saturated rings. The molecule has 1 N–H and O–H groups in total. The minimum Gasteiger partial charge on any atom is -0.504 e. The Morgan fingerprint density at radius 1 is 1.06 bits per heavy atom. The van der Waals surface area contributed by atoms with Crippen LogP contribution in [0.15, 0.2) is 101 Å². The fraction of sp³-hybridized carbons (Fsp3) is 0.150. The number of aryl methyl sites for hydroxylation is 1. The van der Waals surface area contributed by atoms with Gasteiger partial charge in [0.25, 0.3) is 5.91 Å². The molecule has 2 aliphatic rings. The monoisotopic (exact) mass is 697 g/mol. The first-order valence-electron chi connectivity index (χ1n) is 15.9. The number of carbonyl (C=O) groups excluding carboxylic acids is 1. The van der Waals surface area contributed by atoms with Crippen molar-refractivity contribution in [3.8, 4) is 23.3 Å². The van der Waals surface area contributed by atoms with Crippen LogP contribution in [0.2, 0.25) is 5.15 Å². The molecule has 0 bridgehead atoms. The lowest BCUT2D eigenvalue weighted by Crippen LogP contribution is -2.32. The lowest BCUT2D eigenvalue weighted by atomic mass is 9.77. The number of fused-ring (bicyclic) bond motifs is 1. The van der Waals surface area contributed by atoms with Gasteiger partial charge in [0.2, 0.25) is 0 Å². The summed E-state index contributed by atoms with van der Waals surface area (Å²) in [5.41, 5.74) is 5.99. The van der Waals surface area contributed by atoms with Gasteiger partial charge >= 0.3 is 0 Å². The average Bonchev–Trinajstić information content (AvgIpc) is 3.74. The Morgan fingerprint density at radius 3 is 2.48 bits per heavy atom. The number of amides is 1. The number of aliphatic imine (C=N–C) groups is 1. The number of halogens is 1. The van der Waals surface area contributed by atoms with E-state index in [-0.39, 0.29) is 28.5 Å². The van der Waals surface area contributed by atoms with Crippen molar-refractivity contribution in [1.29, 1.82) is 5.26 Å². The number of methoxy groups -OCH3 is 1. The van der Waals surface area contributed by atoms with E-state index in [1.54, 1.807) is 27.8 Å². The first-order valence-corrected chi connectivity index (χ1v) is 17.1. The van der Waals surface area contributed by atoms with Crippen LogP contribution >= 0.6 is 22.9 Å². The standard InChI is InChI=1S/C40H32ClN5O3S/c1-24-29(36(41)46(44-24)28-13-9-6-10-14-28)17-15-26-19-30-31(23-42)39(50-35(30)40(2,3)22-26)45-37(27-11-7-5-8-12-27)43-32(38(45)48)20-25-16-18-33(47)34(21-25)49-4/h5-21,47H,22H2,1-4H3/b17-15-,32-20+. The molecular weight excluding hydrogens is 666 g/mol. The fourth-order valence-electron chi connectivity index (χ4n) is 6.33. The zero-order valence-corrected chi connectivity index (χ0v) is 29.4. The summed E-state index contributed by atoms with van der Waals surface area (Å²) in [7, 11) is 1.47. The van der Waals surface area contributed by atoms with Gasteiger partial charge in [-0.1, -0.05) is 86.1 Å². The highest BCUT2D eigenvalue weighted by Gasteiger charge is 2.40. The predicted octanol–water partition coefficient (Wildman–Crippen LogP) is 9.09. The van der Waals surface area contributed by atoms with Crippen molar-refractivity contribution in [2.45, 2.75) is 32.6 Å². The number of ether oxygens (including phenoxy) is 1. The lowest BCUT2D eigenvalue weighted by Gasteiger charge is -2.29. The summed E-state index contributed by atoms with van der Waals surface area (Å²) in [6.07, 6.45) is 8.44. The largest absolute Gasteiger partial charge is 0.504 e. The highest BCUT2D eigenvalue weighted by atomic mass is 35.5. The molecule has 3 heterocycles. The van der Waals surface area contributed by atoms with Crippen molar-refractivity contribution in [2.24, 2.45) is 4.99 Å². The number of thiophene rings is 1. The molecule has 7 rings (SSSR count). The molecule has 248 valence electrons. The molecular formula is C40H32ClN5O3S. The minimum absolute atomic E-state index is 0.00398. The van der Waals surface area contributed by atoms with Crippen molar-refractivity contribution in [2.75, 3.05) is 12.0 Å². The number of nitriles is 1.